The minimum absolute atomic E-state index is 0.00300. The van der Waals surface area contributed by atoms with E-state index in [1.54, 1.807) is 25.3 Å². The molecule has 0 atom stereocenters. The lowest BCUT2D eigenvalue weighted by atomic mass is 10.1. The number of carbonyl (C=O) groups is 1. The molecule has 0 aliphatic heterocycles. The van der Waals surface area contributed by atoms with E-state index in [1.165, 1.54) is 25.5 Å². The van der Waals surface area contributed by atoms with E-state index in [1.807, 2.05) is 0 Å². The van der Waals surface area contributed by atoms with Crippen molar-refractivity contribution in [3.05, 3.63) is 64.6 Å². The highest BCUT2D eigenvalue weighted by molar-refractivity contribution is 6.32. The molecule has 0 bridgehead atoms. The number of halogens is 2. The second kappa shape index (κ2) is 7.56. The second-order valence-corrected chi connectivity index (χ2v) is 6.60. The van der Waals surface area contributed by atoms with Gasteiger partial charge in [-0.25, -0.2) is 19.2 Å². The molecular formula is C20H15ClFN3O4. The van der Waals surface area contributed by atoms with Gasteiger partial charge in [-0.15, -0.1) is 0 Å². The summed E-state index contributed by atoms with van der Waals surface area (Å²) in [5.74, 6) is -1.05. The lowest BCUT2D eigenvalue weighted by Crippen LogP contribution is -2.10. The molecule has 1 aromatic carbocycles. The molecular weight excluding hydrogens is 401 g/mol. The first kappa shape index (κ1) is 18.9. The van der Waals surface area contributed by atoms with Gasteiger partial charge in [-0.1, -0.05) is 11.6 Å². The summed E-state index contributed by atoms with van der Waals surface area (Å²) in [7, 11) is 1.31. The van der Waals surface area contributed by atoms with Crippen molar-refractivity contribution in [3.63, 3.8) is 0 Å². The zero-order chi connectivity index (χ0) is 20.5. The lowest BCUT2D eigenvalue weighted by Gasteiger charge is -2.10. The third-order valence-electron chi connectivity index (χ3n) is 4.34. The summed E-state index contributed by atoms with van der Waals surface area (Å²) in [4.78, 5) is 24.4. The normalized spacial score (nSPS) is 11.0. The van der Waals surface area contributed by atoms with E-state index in [-0.39, 0.29) is 34.5 Å². The van der Waals surface area contributed by atoms with Crippen LogP contribution in [0.1, 0.15) is 21.8 Å². The topological polar surface area (TPSA) is 90.2 Å². The van der Waals surface area contributed by atoms with Gasteiger partial charge in [0.15, 0.2) is 23.1 Å². The van der Waals surface area contributed by atoms with Crippen LogP contribution in [0.5, 0.6) is 5.75 Å². The Balaban J connectivity index is 1.80. The molecule has 4 aromatic rings. The highest BCUT2D eigenvalue weighted by Crippen LogP contribution is 2.34. The predicted octanol–water partition coefficient (Wildman–Crippen LogP) is 4.68. The summed E-state index contributed by atoms with van der Waals surface area (Å²) >= 11 is 5.96. The number of methoxy groups -OCH3 is 1. The van der Waals surface area contributed by atoms with Gasteiger partial charge in [0.25, 0.3) is 0 Å². The first-order valence-corrected chi connectivity index (χ1v) is 8.95. The minimum atomic E-state index is -0.725. The maximum atomic E-state index is 14.9. The summed E-state index contributed by atoms with van der Waals surface area (Å²) in [6, 6.07) is 6.28. The zero-order valence-corrected chi connectivity index (χ0v) is 16.2. The van der Waals surface area contributed by atoms with Crippen LogP contribution in [-0.2, 0) is 11.3 Å². The van der Waals surface area contributed by atoms with Crippen LogP contribution in [0, 0.1) is 12.7 Å². The van der Waals surface area contributed by atoms with Gasteiger partial charge in [-0.3, -0.25) is 0 Å². The lowest BCUT2D eigenvalue weighted by molar-refractivity contribution is 0.0441. The average molecular weight is 416 g/mol. The van der Waals surface area contributed by atoms with Crippen LogP contribution in [0.25, 0.3) is 22.4 Å². The fourth-order valence-electron chi connectivity index (χ4n) is 2.95. The number of aromatic amines is 1. The summed E-state index contributed by atoms with van der Waals surface area (Å²) in [5, 5.41) is 0.614. The number of furan rings is 1. The molecule has 0 unspecified atom stereocenters. The molecule has 0 fully saturated rings. The van der Waals surface area contributed by atoms with E-state index in [2.05, 4.69) is 15.0 Å². The first-order valence-electron chi connectivity index (χ1n) is 8.57. The van der Waals surface area contributed by atoms with Crippen LogP contribution >= 0.6 is 11.6 Å². The van der Waals surface area contributed by atoms with E-state index >= 15 is 0 Å². The summed E-state index contributed by atoms with van der Waals surface area (Å²) in [6.07, 6.45) is 3.17. The molecule has 9 heteroatoms. The average Bonchev–Trinajstić information content (AvgIpc) is 3.36. The quantitative estimate of drug-likeness (QED) is 0.476. The van der Waals surface area contributed by atoms with Crippen LogP contribution in [0.15, 0.2) is 41.1 Å². The maximum Gasteiger partial charge on any atom is 0.358 e. The molecule has 7 nitrogen and oxygen atoms in total. The molecule has 0 spiro atoms. The summed E-state index contributed by atoms with van der Waals surface area (Å²) < 4.78 is 30.4. The van der Waals surface area contributed by atoms with Crippen LogP contribution in [0.4, 0.5) is 4.39 Å². The molecule has 0 amide bonds. The first-order chi connectivity index (χ1) is 14.0. The number of hydrogen-bond acceptors (Lipinski definition) is 6. The predicted molar refractivity (Wildman–Crippen MR) is 103 cm³/mol. The van der Waals surface area contributed by atoms with Crippen molar-refractivity contribution in [2.24, 2.45) is 0 Å². The number of nitrogens with one attached hydrogen (secondary N) is 1. The monoisotopic (exact) mass is 415 g/mol. The maximum absolute atomic E-state index is 14.9. The van der Waals surface area contributed by atoms with Crippen LogP contribution < -0.4 is 4.74 Å². The van der Waals surface area contributed by atoms with Crippen molar-refractivity contribution in [2.45, 2.75) is 13.5 Å². The summed E-state index contributed by atoms with van der Waals surface area (Å²) in [5.41, 5.74) is 1.19. The Morgan fingerprint density at radius 1 is 1.31 bits per heavy atom. The van der Waals surface area contributed by atoms with Gasteiger partial charge in [-0.05, 0) is 36.8 Å². The SMILES string of the molecule is COc1c(Cl)ccc(-c2nc(C(=O)OCc3ccco3)c3c(C)c[nH]c3n2)c1F. The Bertz CT molecular complexity index is 1200. The van der Waals surface area contributed by atoms with E-state index in [0.29, 0.717) is 16.8 Å². The highest BCUT2D eigenvalue weighted by atomic mass is 35.5. The largest absolute Gasteiger partial charge is 0.492 e. The van der Waals surface area contributed by atoms with Crippen molar-refractivity contribution in [1.82, 2.24) is 15.0 Å². The number of benzene rings is 1. The second-order valence-electron chi connectivity index (χ2n) is 6.19. The molecule has 1 N–H and O–H groups in total. The van der Waals surface area contributed by atoms with E-state index in [4.69, 9.17) is 25.5 Å². The van der Waals surface area contributed by atoms with Gasteiger partial charge in [0.05, 0.1) is 29.3 Å². The molecule has 0 aliphatic rings. The van der Waals surface area contributed by atoms with Crippen LogP contribution in [-0.4, -0.2) is 28.0 Å². The van der Waals surface area contributed by atoms with Crippen LogP contribution in [0.2, 0.25) is 5.02 Å². The molecule has 4 rings (SSSR count). The number of ether oxygens (including phenoxy) is 2. The van der Waals surface area contributed by atoms with Crippen molar-refractivity contribution >= 4 is 28.6 Å². The van der Waals surface area contributed by atoms with Gasteiger partial charge in [0, 0.05) is 6.20 Å². The van der Waals surface area contributed by atoms with Gasteiger partial charge < -0.3 is 18.9 Å². The number of H-pyrrole nitrogens is 1. The van der Waals surface area contributed by atoms with E-state index in [9.17, 15) is 9.18 Å². The van der Waals surface area contributed by atoms with Crippen molar-refractivity contribution in [2.75, 3.05) is 7.11 Å². The Kier molecular flexibility index (Phi) is 4.94. The number of hydrogen-bond donors (Lipinski definition) is 1. The van der Waals surface area contributed by atoms with Crippen molar-refractivity contribution in [3.8, 4) is 17.1 Å². The molecule has 0 radical (unpaired) electrons. The molecule has 29 heavy (non-hydrogen) atoms. The zero-order valence-electron chi connectivity index (χ0n) is 15.5. The smallest absolute Gasteiger partial charge is 0.358 e. The molecule has 3 heterocycles. The van der Waals surface area contributed by atoms with Crippen LogP contribution in [0.3, 0.4) is 0 Å². The third kappa shape index (κ3) is 3.42. The number of esters is 1. The number of carbonyl (C=O) groups excluding carboxylic acids is 1. The standard InChI is InChI=1S/C20H15ClFN3O4/c1-10-8-23-19-14(10)16(20(26)29-9-11-4-3-7-28-11)24-18(25-19)12-5-6-13(21)17(27-2)15(12)22/h3-8H,9H2,1-2H3,(H,23,24,25). The van der Waals surface area contributed by atoms with E-state index < -0.39 is 11.8 Å². The Morgan fingerprint density at radius 2 is 2.14 bits per heavy atom. The highest BCUT2D eigenvalue weighted by Gasteiger charge is 2.23. The number of nitrogens with zero attached hydrogens (tertiary/aromatic N) is 2. The molecule has 3 aromatic heterocycles. The molecule has 0 saturated carbocycles. The Labute approximate surface area is 169 Å². The van der Waals surface area contributed by atoms with Gasteiger partial charge in [-0.2, -0.15) is 0 Å². The molecule has 0 aliphatic carbocycles. The fraction of sp³-hybridized carbons (Fsp3) is 0.150. The Morgan fingerprint density at radius 3 is 2.86 bits per heavy atom. The van der Waals surface area contributed by atoms with E-state index in [0.717, 1.165) is 5.56 Å². The third-order valence-corrected chi connectivity index (χ3v) is 4.64. The summed E-state index contributed by atoms with van der Waals surface area (Å²) in [6.45, 7) is 1.75. The van der Waals surface area contributed by atoms with Gasteiger partial charge >= 0.3 is 5.97 Å². The van der Waals surface area contributed by atoms with Gasteiger partial charge in [0.1, 0.15) is 18.0 Å². The molecule has 148 valence electrons. The minimum Gasteiger partial charge on any atom is -0.492 e. The number of aryl methyl sites for hydroxylation is 1. The number of rotatable bonds is 5. The van der Waals surface area contributed by atoms with Gasteiger partial charge in [0.2, 0.25) is 0 Å². The number of aromatic nitrogens is 3. The van der Waals surface area contributed by atoms with Crippen molar-refractivity contribution in [1.29, 1.82) is 0 Å². The fourth-order valence-corrected chi connectivity index (χ4v) is 3.17. The number of fused-ring (bicyclic) bond motifs is 1. The van der Waals surface area contributed by atoms with Crippen molar-refractivity contribution < 1.29 is 23.1 Å². The Hall–Kier alpha value is -3.39. The molecule has 0 saturated heterocycles.